The van der Waals surface area contributed by atoms with Gasteiger partial charge in [-0.15, -0.1) is 0 Å². The Morgan fingerprint density at radius 2 is 1.63 bits per heavy atom. The fourth-order valence-corrected chi connectivity index (χ4v) is 1.56. The third-order valence-electron chi connectivity index (χ3n) is 2.40. The van der Waals surface area contributed by atoms with Crippen LogP contribution in [0.1, 0.15) is 11.1 Å². The number of para-hydroxylation sites is 2. The zero-order valence-corrected chi connectivity index (χ0v) is 9.61. The fourth-order valence-electron chi connectivity index (χ4n) is 1.56. The number of alkyl halides is 3. The maximum Gasteiger partial charge on any atom is 0.420 e. The highest BCUT2D eigenvalue weighted by atomic mass is 19.4. The van der Waals surface area contributed by atoms with E-state index in [1.807, 2.05) is 0 Å². The predicted octanol–water partition coefficient (Wildman–Crippen LogP) is 4.37. The summed E-state index contributed by atoms with van der Waals surface area (Å²) in [7, 11) is 0. The van der Waals surface area contributed by atoms with Gasteiger partial charge in [-0.05, 0) is 24.3 Å². The van der Waals surface area contributed by atoms with E-state index in [2.05, 4.69) is 0 Å². The number of nitrogens with zero attached hydrogens (tertiary/aromatic N) is 1. The van der Waals surface area contributed by atoms with Crippen LogP contribution in [-0.4, -0.2) is 0 Å². The molecule has 0 aliphatic rings. The van der Waals surface area contributed by atoms with Crippen molar-refractivity contribution in [2.45, 2.75) is 6.18 Å². The Bertz CT molecular complexity index is 615. The molecule has 0 unspecified atom stereocenters. The van der Waals surface area contributed by atoms with E-state index in [1.165, 1.54) is 24.3 Å². The molecule has 0 N–H and O–H groups in total. The third-order valence-corrected chi connectivity index (χ3v) is 2.40. The Balaban J connectivity index is 2.52. The summed E-state index contributed by atoms with van der Waals surface area (Å²) in [6.07, 6.45) is -4.57. The number of hydrogen-bond donors (Lipinski definition) is 0. The van der Waals surface area contributed by atoms with Crippen molar-refractivity contribution in [3.63, 3.8) is 0 Å². The lowest BCUT2D eigenvalue weighted by Gasteiger charge is -2.14. The van der Waals surface area contributed by atoms with Gasteiger partial charge in [-0.25, -0.2) is 0 Å². The SMILES string of the molecule is N#Cc1cccc(C(F)(F)F)c1Oc1ccccc1. The molecule has 5 heteroatoms. The van der Waals surface area contributed by atoms with E-state index in [0.29, 0.717) is 0 Å². The molecule has 96 valence electrons. The number of benzene rings is 2. The first-order valence-corrected chi connectivity index (χ1v) is 5.35. The molecule has 0 amide bonds. The molecule has 0 radical (unpaired) electrons. The average Bonchev–Trinajstić information content (AvgIpc) is 2.39. The highest BCUT2D eigenvalue weighted by Gasteiger charge is 2.35. The van der Waals surface area contributed by atoms with Crippen LogP contribution >= 0.6 is 0 Å². The second-order valence-electron chi connectivity index (χ2n) is 3.71. The smallest absolute Gasteiger partial charge is 0.420 e. The molecule has 2 aromatic carbocycles. The molecule has 2 aromatic rings. The predicted molar refractivity (Wildman–Crippen MR) is 62.7 cm³/mol. The summed E-state index contributed by atoms with van der Waals surface area (Å²) in [6, 6.07) is 13.1. The maximum atomic E-state index is 12.9. The molecule has 0 aliphatic heterocycles. The summed E-state index contributed by atoms with van der Waals surface area (Å²) >= 11 is 0. The second kappa shape index (κ2) is 5.02. The summed E-state index contributed by atoms with van der Waals surface area (Å²) in [6.45, 7) is 0. The lowest BCUT2D eigenvalue weighted by molar-refractivity contribution is -0.138. The molecule has 0 aromatic heterocycles. The van der Waals surface area contributed by atoms with Crippen LogP contribution in [0.4, 0.5) is 13.2 Å². The molecule has 0 aliphatic carbocycles. The van der Waals surface area contributed by atoms with Crippen molar-refractivity contribution < 1.29 is 17.9 Å². The molecule has 0 saturated heterocycles. The summed E-state index contributed by atoms with van der Waals surface area (Å²) in [4.78, 5) is 0. The number of rotatable bonds is 2. The monoisotopic (exact) mass is 263 g/mol. The van der Waals surface area contributed by atoms with Crippen molar-refractivity contribution in [2.24, 2.45) is 0 Å². The number of hydrogen-bond acceptors (Lipinski definition) is 2. The van der Waals surface area contributed by atoms with Crippen molar-refractivity contribution in [3.8, 4) is 17.6 Å². The van der Waals surface area contributed by atoms with Crippen molar-refractivity contribution in [3.05, 3.63) is 59.7 Å². The van der Waals surface area contributed by atoms with Crippen LogP contribution in [0, 0.1) is 11.3 Å². The van der Waals surface area contributed by atoms with Crippen LogP contribution in [0.25, 0.3) is 0 Å². The van der Waals surface area contributed by atoms with Gasteiger partial charge >= 0.3 is 6.18 Å². The topological polar surface area (TPSA) is 33.0 Å². The van der Waals surface area contributed by atoms with Crippen molar-refractivity contribution in [2.75, 3.05) is 0 Å². The van der Waals surface area contributed by atoms with Gasteiger partial charge in [0.1, 0.15) is 11.8 Å². The van der Waals surface area contributed by atoms with Gasteiger partial charge < -0.3 is 4.74 Å². The summed E-state index contributed by atoms with van der Waals surface area (Å²) < 4.78 is 43.8. The zero-order valence-electron chi connectivity index (χ0n) is 9.61. The Morgan fingerprint density at radius 3 is 2.21 bits per heavy atom. The minimum absolute atomic E-state index is 0.154. The van der Waals surface area contributed by atoms with E-state index in [-0.39, 0.29) is 11.3 Å². The van der Waals surface area contributed by atoms with Gasteiger partial charge in [0.05, 0.1) is 11.1 Å². The maximum absolute atomic E-state index is 12.9. The van der Waals surface area contributed by atoms with Crippen molar-refractivity contribution >= 4 is 0 Å². The Morgan fingerprint density at radius 1 is 0.947 bits per heavy atom. The Hall–Kier alpha value is -2.48. The first-order valence-electron chi connectivity index (χ1n) is 5.35. The highest BCUT2D eigenvalue weighted by molar-refractivity contribution is 5.51. The van der Waals surface area contributed by atoms with E-state index < -0.39 is 17.5 Å². The minimum atomic E-state index is -4.57. The number of ether oxygens (including phenoxy) is 1. The molecule has 0 bridgehead atoms. The van der Waals surface area contributed by atoms with E-state index in [0.717, 1.165) is 6.07 Å². The van der Waals surface area contributed by atoms with Crippen LogP contribution in [0.3, 0.4) is 0 Å². The van der Waals surface area contributed by atoms with Crippen molar-refractivity contribution in [1.82, 2.24) is 0 Å². The Kier molecular flexibility index (Phi) is 3.43. The van der Waals surface area contributed by atoms with E-state index in [9.17, 15) is 13.2 Å². The first kappa shape index (κ1) is 13.0. The number of nitriles is 1. The van der Waals surface area contributed by atoms with Gasteiger partial charge in [0.15, 0.2) is 5.75 Å². The van der Waals surface area contributed by atoms with Crippen LogP contribution in [0.5, 0.6) is 11.5 Å². The lowest BCUT2D eigenvalue weighted by atomic mass is 10.1. The molecule has 0 saturated carbocycles. The molecule has 0 atom stereocenters. The quantitative estimate of drug-likeness (QED) is 0.806. The molecule has 0 spiro atoms. The first-order chi connectivity index (χ1) is 9.02. The molecule has 0 heterocycles. The third kappa shape index (κ3) is 2.86. The second-order valence-corrected chi connectivity index (χ2v) is 3.71. The molecule has 0 fully saturated rings. The fraction of sp³-hybridized carbons (Fsp3) is 0.0714. The molecule has 19 heavy (non-hydrogen) atoms. The molecule has 2 rings (SSSR count). The molecule has 2 nitrogen and oxygen atoms in total. The molecular weight excluding hydrogens is 255 g/mol. The van der Waals surface area contributed by atoms with Gasteiger partial charge in [-0.3, -0.25) is 0 Å². The summed E-state index contributed by atoms with van der Waals surface area (Å²) in [5.41, 5.74) is -1.12. The largest absolute Gasteiger partial charge is 0.455 e. The van der Waals surface area contributed by atoms with E-state index in [4.69, 9.17) is 10.00 Å². The standard InChI is InChI=1S/C14H8F3NO/c15-14(16,17)12-8-4-5-10(9-18)13(12)19-11-6-2-1-3-7-11/h1-8H. The van der Waals surface area contributed by atoms with Gasteiger partial charge in [0.25, 0.3) is 0 Å². The minimum Gasteiger partial charge on any atom is -0.455 e. The normalized spacial score (nSPS) is 10.8. The van der Waals surface area contributed by atoms with Crippen LogP contribution in [-0.2, 0) is 6.18 Å². The van der Waals surface area contributed by atoms with Crippen LogP contribution in [0.2, 0.25) is 0 Å². The van der Waals surface area contributed by atoms with Gasteiger partial charge in [0, 0.05) is 0 Å². The molecular formula is C14H8F3NO. The zero-order chi connectivity index (χ0) is 13.9. The average molecular weight is 263 g/mol. The van der Waals surface area contributed by atoms with Crippen LogP contribution < -0.4 is 4.74 Å². The van der Waals surface area contributed by atoms with Gasteiger partial charge in [-0.1, -0.05) is 24.3 Å². The van der Waals surface area contributed by atoms with Gasteiger partial charge in [0.2, 0.25) is 0 Å². The summed E-state index contributed by atoms with van der Waals surface area (Å²) in [5.74, 6) is -0.223. The van der Waals surface area contributed by atoms with Crippen LogP contribution in [0.15, 0.2) is 48.5 Å². The number of halogens is 3. The van der Waals surface area contributed by atoms with Crippen molar-refractivity contribution in [1.29, 1.82) is 5.26 Å². The lowest BCUT2D eigenvalue weighted by Crippen LogP contribution is -2.08. The Labute approximate surface area is 107 Å². The van der Waals surface area contributed by atoms with E-state index in [1.54, 1.807) is 24.3 Å². The van der Waals surface area contributed by atoms with E-state index >= 15 is 0 Å². The summed E-state index contributed by atoms with van der Waals surface area (Å²) in [5, 5.41) is 8.89. The highest BCUT2D eigenvalue weighted by Crippen LogP contribution is 2.39. The van der Waals surface area contributed by atoms with Gasteiger partial charge in [-0.2, -0.15) is 18.4 Å².